The van der Waals surface area contributed by atoms with E-state index in [9.17, 15) is 9.59 Å². The Morgan fingerprint density at radius 2 is 2.22 bits per heavy atom. The van der Waals surface area contributed by atoms with Crippen molar-refractivity contribution in [2.24, 2.45) is 7.05 Å². The van der Waals surface area contributed by atoms with Gasteiger partial charge < -0.3 is 10.3 Å². The van der Waals surface area contributed by atoms with E-state index in [1.165, 1.54) is 6.07 Å². The normalized spacial score (nSPS) is 18.3. The summed E-state index contributed by atoms with van der Waals surface area (Å²) in [6.45, 7) is 0. The second-order valence-corrected chi connectivity index (χ2v) is 4.36. The Bertz CT molecular complexity index is 650. The predicted octanol–water partition coefficient (Wildman–Crippen LogP) is 0.582. The number of nitrogens with zero attached hydrogens (tertiary/aromatic N) is 2. The number of pyridine rings is 1. The van der Waals surface area contributed by atoms with Crippen LogP contribution in [0.3, 0.4) is 0 Å². The summed E-state index contributed by atoms with van der Waals surface area (Å²) in [4.78, 5) is 25.4. The van der Waals surface area contributed by atoms with Gasteiger partial charge in [0.05, 0.1) is 6.20 Å². The molecule has 0 aromatic carbocycles. The Morgan fingerprint density at radius 1 is 1.39 bits per heavy atom. The topological polar surface area (TPSA) is 79.8 Å². The average molecular weight is 244 g/mol. The summed E-state index contributed by atoms with van der Waals surface area (Å²) in [5.41, 5.74) is 1.74. The Morgan fingerprint density at radius 3 is 2.94 bits per heavy atom. The Labute approximate surface area is 103 Å². The lowest BCUT2D eigenvalue weighted by molar-refractivity contribution is -0.116. The highest BCUT2D eigenvalue weighted by molar-refractivity contribution is 5.94. The van der Waals surface area contributed by atoms with Gasteiger partial charge in [0.25, 0.3) is 0 Å². The third-order valence-electron chi connectivity index (χ3n) is 3.20. The quantitative estimate of drug-likeness (QED) is 0.770. The molecule has 1 amide bonds. The fourth-order valence-corrected chi connectivity index (χ4v) is 2.28. The minimum atomic E-state index is -0.148. The molecule has 0 radical (unpaired) electrons. The first-order valence-electron chi connectivity index (χ1n) is 5.65. The molecular formula is C12H12N4O2. The van der Waals surface area contributed by atoms with Crippen LogP contribution in [-0.2, 0) is 11.8 Å². The Balaban J connectivity index is 2.10. The molecule has 1 aliphatic heterocycles. The van der Waals surface area contributed by atoms with Crippen LogP contribution in [0.1, 0.15) is 23.5 Å². The molecule has 3 heterocycles. The van der Waals surface area contributed by atoms with Crippen molar-refractivity contribution in [3.05, 3.63) is 46.0 Å². The summed E-state index contributed by atoms with van der Waals surface area (Å²) in [6, 6.07) is 3.22. The molecule has 2 N–H and O–H groups in total. The molecular weight excluding hydrogens is 232 g/mol. The standard InChI is InChI=1S/C12H12N4O2/c1-16-12-9(6-14-16)8(4-11(18)15-12)7-2-3-10(17)13-5-7/h2-3,5-6,8H,4H2,1H3,(H,13,17)(H,15,18). The third-order valence-corrected chi connectivity index (χ3v) is 3.20. The second-order valence-electron chi connectivity index (χ2n) is 4.36. The van der Waals surface area contributed by atoms with Crippen LogP contribution in [-0.4, -0.2) is 20.7 Å². The van der Waals surface area contributed by atoms with Gasteiger partial charge in [-0.2, -0.15) is 5.10 Å². The fraction of sp³-hybridized carbons (Fsp3) is 0.250. The first-order valence-corrected chi connectivity index (χ1v) is 5.65. The molecule has 0 bridgehead atoms. The maximum absolute atomic E-state index is 11.7. The van der Waals surface area contributed by atoms with Crippen LogP contribution in [0.25, 0.3) is 0 Å². The largest absolute Gasteiger partial charge is 0.329 e. The van der Waals surface area contributed by atoms with Crippen LogP contribution < -0.4 is 10.9 Å². The number of aromatic amines is 1. The fourth-order valence-electron chi connectivity index (χ4n) is 2.28. The van der Waals surface area contributed by atoms with Gasteiger partial charge in [0, 0.05) is 37.2 Å². The van der Waals surface area contributed by atoms with E-state index < -0.39 is 0 Å². The third kappa shape index (κ3) is 1.62. The number of fused-ring (bicyclic) bond motifs is 1. The first-order chi connectivity index (χ1) is 8.65. The number of rotatable bonds is 1. The molecule has 2 aromatic heterocycles. The van der Waals surface area contributed by atoms with Gasteiger partial charge in [-0.1, -0.05) is 6.07 Å². The minimum Gasteiger partial charge on any atom is -0.329 e. The molecule has 6 nitrogen and oxygen atoms in total. The number of aryl methyl sites for hydroxylation is 1. The zero-order chi connectivity index (χ0) is 12.7. The van der Waals surface area contributed by atoms with Gasteiger partial charge in [0.15, 0.2) is 0 Å². The number of amides is 1. The zero-order valence-corrected chi connectivity index (χ0v) is 9.80. The van der Waals surface area contributed by atoms with Gasteiger partial charge in [0.1, 0.15) is 5.82 Å². The van der Waals surface area contributed by atoms with Crippen molar-refractivity contribution in [2.75, 3.05) is 5.32 Å². The molecule has 2 aromatic rings. The van der Waals surface area contributed by atoms with Crippen LogP contribution in [0.5, 0.6) is 0 Å². The van der Waals surface area contributed by atoms with Crippen molar-refractivity contribution in [3.63, 3.8) is 0 Å². The van der Waals surface area contributed by atoms with E-state index in [1.807, 2.05) is 0 Å². The molecule has 3 rings (SSSR count). The average Bonchev–Trinajstić information content (AvgIpc) is 2.71. The van der Waals surface area contributed by atoms with Crippen molar-refractivity contribution in [1.29, 1.82) is 0 Å². The van der Waals surface area contributed by atoms with Gasteiger partial charge in [-0.25, -0.2) is 0 Å². The van der Waals surface area contributed by atoms with Crippen LogP contribution in [0.4, 0.5) is 5.82 Å². The van der Waals surface area contributed by atoms with E-state index in [-0.39, 0.29) is 17.4 Å². The zero-order valence-electron chi connectivity index (χ0n) is 9.80. The molecule has 0 fully saturated rings. The summed E-state index contributed by atoms with van der Waals surface area (Å²) in [6.07, 6.45) is 3.78. The van der Waals surface area contributed by atoms with Gasteiger partial charge in [-0.05, 0) is 5.56 Å². The van der Waals surface area contributed by atoms with E-state index in [0.717, 1.165) is 16.9 Å². The molecule has 18 heavy (non-hydrogen) atoms. The van der Waals surface area contributed by atoms with Gasteiger partial charge in [-0.15, -0.1) is 0 Å². The van der Waals surface area contributed by atoms with Crippen LogP contribution in [0.15, 0.2) is 29.3 Å². The molecule has 1 aliphatic rings. The number of hydrogen-bond acceptors (Lipinski definition) is 3. The number of hydrogen-bond donors (Lipinski definition) is 2. The first kappa shape index (κ1) is 10.8. The number of carbonyl (C=O) groups is 1. The Kier molecular flexibility index (Phi) is 2.29. The van der Waals surface area contributed by atoms with Crippen LogP contribution >= 0.6 is 0 Å². The van der Waals surface area contributed by atoms with E-state index in [0.29, 0.717) is 6.42 Å². The monoisotopic (exact) mass is 244 g/mol. The van der Waals surface area contributed by atoms with E-state index in [2.05, 4.69) is 15.4 Å². The summed E-state index contributed by atoms with van der Waals surface area (Å²) in [5, 5.41) is 6.96. The van der Waals surface area contributed by atoms with E-state index in [1.54, 1.807) is 30.2 Å². The van der Waals surface area contributed by atoms with E-state index >= 15 is 0 Å². The number of nitrogens with one attached hydrogen (secondary N) is 2. The molecule has 92 valence electrons. The second kappa shape index (κ2) is 3.83. The molecule has 0 aliphatic carbocycles. The maximum atomic E-state index is 11.7. The van der Waals surface area contributed by atoms with Crippen molar-refractivity contribution in [2.45, 2.75) is 12.3 Å². The smallest absolute Gasteiger partial charge is 0.247 e. The highest BCUT2D eigenvalue weighted by atomic mass is 16.1. The number of aromatic nitrogens is 3. The molecule has 1 unspecified atom stereocenters. The van der Waals surface area contributed by atoms with Gasteiger partial charge in [0.2, 0.25) is 11.5 Å². The SMILES string of the molecule is Cn1ncc2c1NC(=O)CC2c1ccc(=O)[nH]c1. The minimum absolute atomic E-state index is 0.0395. The van der Waals surface area contributed by atoms with E-state index in [4.69, 9.17) is 0 Å². The molecule has 0 saturated carbocycles. The molecule has 6 heteroatoms. The Hall–Kier alpha value is -2.37. The van der Waals surface area contributed by atoms with Crippen LogP contribution in [0, 0.1) is 0 Å². The van der Waals surface area contributed by atoms with Crippen molar-refractivity contribution >= 4 is 11.7 Å². The highest BCUT2D eigenvalue weighted by Crippen LogP contribution is 2.35. The lowest BCUT2D eigenvalue weighted by Gasteiger charge is -2.22. The lowest BCUT2D eigenvalue weighted by Crippen LogP contribution is -2.24. The number of H-pyrrole nitrogens is 1. The van der Waals surface area contributed by atoms with Gasteiger partial charge >= 0.3 is 0 Å². The lowest BCUT2D eigenvalue weighted by atomic mass is 9.88. The van der Waals surface area contributed by atoms with Gasteiger partial charge in [-0.3, -0.25) is 14.3 Å². The summed E-state index contributed by atoms with van der Waals surface area (Å²) in [7, 11) is 1.79. The molecule has 0 saturated heterocycles. The molecule has 0 spiro atoms. The molecule has 1 atom stereocenters. The highest BCUT2D eigenvalue weighted by Gasteiger charge is 2.29. The van der Waals surface area contributed by atoms with Crippen molar-refractivity contribution in [3.8, 4) is 0 Å². The number of carbonyl (C=O) groups excluding carboxylic acids is 1. The summed E-state index contributed by atoms with van der Waals surface area (Å²) in [5.74, 6) is 0.629. The maximum Gasteiger partial charge on any atom is 0.247 e. The van der Waals surface area contributed by atoms with Crippen molar-refractivity contribution in [1.82, 2.24) is 14.8 Å². The van der Waals surface area contributed by atoms with Crippen molar-refractivity contribution < 1.29 is 4.79 Å². The summed E-state index contributed by atoms with van der Waals surface area (Å²) < 4.78 is 1.64. The number of anilines is 1. The predicted molar refractivity (Wildman–Crippen MR) is 65.4 cm³/mol. The van der Waals surface area contributed by atoms with Crippen LogP contribution in [0.2, 0.25) is 0 Å². The summed E-state index contributed by atoms with van der Waals surface area (Å²) >= 11 is 0.